The van der Waals surface area contributed by atoms with E-state index < -0.39 is 0 Å². The van der Waals surface area contributed by atoms with Gasteiger partial charge in [0.05, 0.1) is 17.1 Å². The standard InChI is InChI=1S/C13H16N2O2.C6H6O/c1-9-5-6-11-10(13(9)16)8-14-15(11)12-4-2-3-7-17-12;7-6-4-2-1-3-5-6/h5-6,8,12,16H,2-4,7H2,1H3;1-5,7H. The Morgan fingerprint density at radius 1 is 1.08 bits per heavy atom. The van der Waals surface area contributed by atoms with Crippen molar-refractivity contribution in [3.63, 3.8) is 0 Å². The zero-order valence-corrected chi connectivity index (χ0v) is 13.7. The lowest BCUT2D eigenvalue weighted by Crippen LogP contribution is -2.18. The van der Waals surface area contributed by atoms with Crippen LogP contribution in [0.15, 0.2) is 48.7 Å². The Morgan fingerprint density at radius 2 is 1.88 bits per heavy atom. The number of phenolic OH excluding ortho intramolecular Hbond substituents is 2. The van der Waals surface area contributed by atoms with E-state index >= 15 is 0 Å². The van der Waals surface area contributed by atoms with Gasteiger partial charge < -0.3 is 14.9 Å². The third kappa shape index (κ3) is 3.51. The molecule has 1 unspecified atom stereocenters. The highest BCUT2D eigenvalue weighted by Crippen LogP contribution is 2.31. The summed E-state index contributed by atoms with van der Waals surface area (Å²) in [6.07, 6.45) is 5.02. The van der Waals surface area contributed by atoms with Gasteiger partial charge in [-0.25, -0.2) is 4.68 Å². The van der Waals surface area contributed by atoms with Gasteiger partial charge in [0.25, 0.3) is 0 Å². The van der Waals surface area contributed by atoms with Gasteiger partial charge in [-0.15, -0.1) is 0 Å². The molecule has 1 aliphatic heterocycles. The predicted molar refractivity (Wildman–Crippen MR) is 93.1 cm³/mol. The Labute approximate surface area is 141 Å². The van der Waals surface area contributed by atoms with Gasteiger partial charge in [0, 0.05) is 6.61 Å². The van der Waals surface area contributed by atoms with Crippen molar-refractivity contribution in [1.82, 2.24) is 9.78 Å². The third-order valence-electron chi connectivity index (χ3n) is 4.14. The molecular formula is C19H22N2O3. The highest BCUT2D eigenvalue weighted by atomic mass is 16.5. The summed E-state index contributed by atoms with van der Waals surface area (Å²) < 4.78 is 7.60. The molecule has 2 N–H and O–H groups in total. The number of hydrogen-bond donors (Lipinski definition) is 2. The summed E-state index contributed by atoms with van der Waals surface area (Å²) >= 11 is 0. The molecule has 3 aromatic rings. The zero-order chi connectivity index (χ0) is 16.9. The zero-order valence-electron chi connectivity index (χ0n) is 13.7. The SMILES string of the molecule is Cc1ccc2c(cnn2C2CCCCO2)c1O.Oc1ccccc1. The molecule has 126 valence electrons. The molecule has 1 saturated heterocycles. The molecule has 4 rings (SSSR count). The summed E-state index contributed by atoms with van der Waals surface area (Å²) in [5, 5.41) is 23.8. The molecule has 0 bridgehead atoms. The number of ether oxygens (including phenoxy) is 1. The highest BCUT2D eigenvalue weighted by molar-refractivity contribution is 5.86. The molecule has 5 heteroatoms. The molecule has 0 radical (unpaired) electrons. The molecule has 1 fully saturated rings. The lowest BCUT2D eigenvalue weighted by Gasteiger charge is -2.23. The van der Waals surface area contributed by atoms with Crippen molar-refractivity contribution in [2.24, 2.45) is 0 Å². The summed E-state index contributed by atoms with van der Waals surface area (Å²) in [7, 11) is 0. The van der Waals surface area contributed by atoms with Crippen LogP contribution in [0.1, 0.15) is 31.1 Å². The quantitative estimate of drug-likeness (QED) is 0.705. The fourth-order valence-corrected chi connectivity index (χ4v) is 2.79. The normalized spacial score (nSPS) is 17.3. The van der Waals surface area contributed by atoms with Gasteiger partial charge in [-0.3, -0.25) is 0 Å². The second kappa shape index (κ2) is 7.36. The number of hydrogen-bond acceptors (Lipinski definition) is 4. The molecule has 5 nitrogen and oxygen atoms in total. The van der Waals surface area contributed by atoms with Gasteiger partial charge >= 0.3 is 0 Å². The van der Waals surface area contributed by atoms with E-state index in [4.69, 9.17) is 9.84 Å². The highest BCUT2D eigenvalue weighted by Gasteiger charge is 2.19. The Balaban J connectivity index is 0.000000203. The summed E-state index contributed by atoms with van der Waals surface area (Å²) in [5.41, 5.74) is 1.82. The van der Waals surface area contributed by atoms with Crippen molar-refractivity contribution in [3.05, 3.63) is 54.2 Å². The van der Waals surface area contributed by atoms with Crippen LogP contribution in [-0.2, 0) is 4.74 Å². The van der Waals surface area contributed by atoms with Crippen LogP contribution in [0.2, 0.25) is 0 Å². The van der Waals surface area contributed by atoms with Crippen molar-refractivity contribution < 1.29 is 14.9 Å². The number of phenols is 2. The number of benzene rings is 2. The lowest BCUT2D eigenvalue weighted by molar-refractivity contribution is -0.0366. The van der Waals surface area contributed by atoms with E-state index in [2.05, 4.69) is 5.10 Å². The van der Waals surface area contributed by atoms with E-state index in [0.29, 0.717) is 11.5 Å². The average Bonchev–Trinajstić information content (AvgIpc) is 3.05. The van der Waals surface area contributed by atoms with E-state index in [9.17, 15) is 5.11 Å². The smallest absolute Gasteiger partial charge is 0.150 e. The molecule has 0 spiro atoms. The predicted octanol–water partition coefficient (Wildman–Crippen LogP) is 4.14. The molecular weight excluding hydrogens is 304 g/mol. The van der Waals surface area contributed by atoms with Gasteiger partial charge in [0.15, 0.2) is 6.23 Å². The van der Waals surface area contributed by atoms with Crippen LogP contribution in [-0.4, -0.2) is 26.6 Å². The average molecular weight is 326 g/mol. The van der Waals surface area contributed by atoms with Crippen molar-refractivity contribution >= 4 is 10.9 Å². The molecule has 24 heavy (non-hydrogen) atoms. The maximum atomic E-state index is 9.98. The maximum Gasteiger partial charge on any atom is 0.150 e. The number of aromatic hydroxyl groups is 2. The first-order valence-electron chi connectivity index (χ1n) is 8.18. The lowest BCUT2D eigenvalue weighted by atomic mass is 10.1. The molecule has 2 aromatic carbocycles. The van der Waals surface area contributed by atoms with Crippen molar-refractivity contribution in [3.8, 4) is 11.5 Å². The molecule has 2 heterocycles. The molecule has 0 amide bonds. The summed E-state index contributed by atoms with van der Waals surface area (Å²) in [4.78, 5) is 0. The van der Waals surface area contributed by atoms with E-state index in [1.165, 1.54) is 6.42 Å². The molecule has 0 aliphatic carbocycles. The minimum atomic E-state index is 0.0170. The van der Waals surface area contributed by atoms with Crippen LogP contribution in [0, 0.1) is 6.92 Å². The number of para-hydroxylation sites is 1. The van der Waals surface area contributed by atoms with Crippen molar-refractivity contribution in [2.45, 2.75) is 32.4 Å². The Hall–Kier alpha value is -2.53. The second-order valence-electron chi connectivity index (χ2n) is 5.91. The molecule has 1 aliphatic rings. The van der Waals surface area contributed by atoms with Crippen LogP contribution in [0.3, 0.4) is 0 Å². The van der Waals surface area contributed by atoms with Gasteiger partial charge in [0.1, 0.15) is 11.5 Å². The maximum absolute atomic E-state index is 9.98. The number of aromatic nitrogens is 2. The van der Waals surface area contributed by atoms with Crippen molar-refractivity contribution in [2.75, 3.05) is 6.61 Å². The number of rotatable bonds is 1. The topological polar surface area (TPSA) is 67.5 Å². The van der Waals surface area contributed by atoms with E-state index in [-0.39, 0.29) is 6.23 Å². The van der Waals surface area contributed by atoms with Crippen LogP contribution < -0.4 is 0 Å². The summed E-state index contributed by atoms with van der Waals surface area (Å²) in [6, 6.07) is 12.6. The molecule has 1 aromatic heterocycles. The Kier molecular flexibility index (Phi) is 5.01. The molecule has 1 atom stereocenters. The fraction of sp³-hybridized carbons (Fsp3) is 0.316. The third-order valence-corrected chi connectivity index (χ3v) is 4.14. The first kappa shape index (κ1) is 16.3. The van der Waals surface area contributed by atoms with E-state index in [1.807, 2.05) is 29.8 Å². The monoisotopic (exact) mass is 326 g/mol. The largest absolute Gasteiger partial charge is 0.508 e. The summed E-state index contributed by atoms with van der Waals surface area (Å²) in [5.74, 6) is 0.645. The van der Waals surface area contributed by atoms with E-state index in [0.717, 1.165) is 35.9 Å². The number of aryl methyl sites for hydroxylation is 1. The number of nitrogens with zero attached hydrogens (tertiary/aromatic N) is 2. The minimum absolute atomic E-state index is 0.0170. The van der Waals surface area contributed by atoms with Crippen LogP contribution in [0.25, 0.3) is 10.9 Å². The fourth-order valence-electron chi connectivity index (χ4n) is 2.79. The van der Waals surface area contributed by atoms with Gasteiger partial charge in [-0.1, -0.05) is 24.3 Å². The van der Waals surface area contributed by atoms with Crippen LogP contribution >= 0.6 is 0 Å². The van der Waals surface area contributed by atoms with Crippen LogP contribution in [0.4, 0.5) is 0 Å². The van der Waals surface area contributed by atoms with Crippen molar-refractivity contribution in [1.29, 1.82) is 0 Å². The van der Waals surface area contributed by atoms with Gasteiger partial charge in [0.2, 0.25) is 0 Å². The Bertz CT molecular complexity index is 793. The second-order valence-corrected chi connectivity index (χ2v) is 5.91. The Morgan fingerprint density at radius 3 is 2.50 bits per heavy atom. The number of fused-ring (bicyclic) bond motifs is 1. The van der Waals surface area contributed by atoms with E-state index in [1.54, 1.807) is 30.5 Å². The minimum Gasteiger partial charge on any atom is -0.508 e. The summed E-state index contributed by atoms with van der Waals surface area (Å²) in [6.45, 7) is 2.69. The molecule has 0 saturated carbocycles. The first-order valence-corrected chi connectivity index (χ1v) is 8.18. The van der Waals surface area contributed by atoms with Crippen LogP contribution in [0.5, 0.6) is 11.5 Å². The first-order chi connectivity index (χ1) is 11.7. The van der Waals surface area contributed by atoms with Gasteiger partial charge in [-0.2, -0.15) is 5.10 Å². The van der Waals surface area contributed by atoms with Gasteiger partial charge in [-0.05, 0) is 49.9 Å².